The molecule has 0 aromatic heterocycles. The molecular weight excluding hydrogens is 200 g/mol. The first-order chi connectivity index (χ1) is 6.90. The van der Waals surface area contributed by atoms with Crippen LogP contribution in [0.1, 0.15) is 33.6 Å². The van der Waals surface area contributed by atoms with Crippen LogP contribution in [0.25, 0.3) is 0 Å². The van der Waals surface area contributed by atoms with Gasteiger partial charge in [0.2, 0.25) is 0 Å². The van der Waals surface area contributed by atoms with Gasteiger partial charge >= 0.3 is 11.9 Å². The summed E-state index contributed by atoms with van der Waals surface area (Å²) in [6.45, 7) is 4.55. The Balaban J connectivity index is 5.05. The van der Waals surface area contributed by atoms with Gasteiger partial charge in [0.15, 0.2) is 0 Å². The second-order valence-corrected chi connectivity index (χ2v) is 3.28. The van der Waals surface area contributed by atoms with Crippen molar-refractivity contribution in [2.75, 3.05) is 6.61 Å². The van der Waals surface area contributed by atoms with Gasteiger partial charge in [-0.3, -0.25) is 14.4 Å². The van der Waals surface area contributed by atoms with Crippen LogP contribution in [0.5, 0.6) is 0 Å². The topological polar surface area (TPSA) is 80.7 Å². The lowest BCUT2D eigenvalue weighted by Crippen LogP contribution is -2.40. The molecule has 0 rings (SSSR count). The average Bonchev–Trinajstić information content (AvgIpc) is 2.13. The monoisotopic (exact) mass is 216 g/mol. The second-order valence-electron chi connectivity index (χ2n) is 3.28. The number of carboxylic acid groups (broad SMARTS) is 1. The third-order valence-electron chi connectivity index (χ3n) is 2.40. The SMILES string of the molecule is CCOC(=O)C(CC)(CC(=O)O)C(C)=O. The van der Waals surface area contributed by atoms with Crippen molar-refractivity contribution in [3.8, 4) is 0 Å². The van der Waals surface area contributed by atoms with E-state index in [1.807, 2.05) is 0 Å². The minimum absolute atomic E-state index is 0.132. The lowest BCUT2D eigenvalue weighted by molar-refractivity contribution is -0.165. The van der Waals surface area contributed by atoms with Gasteiger partial charge in [0.1, 0.15) is 11.2 Å². The minimum atomic E-state index is -1.53. The summed E-state index contributed by atoms with van der Waals surface area (Å²) in [6.07, 6.45) is -0.384. The first-order valence-corrected chi connectivity index (χ1v) is 4.80. The molecule has 5 nitrogen and oxygen atoms in total. The van der Waals surface area contributed by atoms with Crippen LogP contribution in [0, 0.1) is 5.41 Å². The lowest BCUT2D eigenvalue weighted by Gasteiger charge is -2.25. The molecule has 0 aliphatic carbocycles. The van der Waals surface area contributed by atoms with E-state index in [-0.39, 0.29) is 13.0 Å². The highest BCUT2D eigenvalue weighted by atomic mass is 16.5. The summed E-state index contributed by atoms with van der Waals surface area (Å²) >= 11 is 0. The molecule has 0 aliphatic heterocycles. The van der Waals surface area contributed by atoms with Crippen LogP contribution >= 0.6 is 0 Å². The molecule has 0 amide bonds. The van der Waals surface area contributed by atoms with Crippen LogP contribution in [0.2, 0.25) is 0 Å². The van der Waals surface area contributed by atoms with E-state index in [0.717, 1.165) is 0 Å². The fraction of sp³-hybridized carbons (Fsp3) is 0.700. The number of ether oxygens (including phenoxy) is 1. The molecule has 15 heavy (non-hydrogen) atoms. The summed E-state index contributed by atoms with van der Waals surface area (Å²) in [4.78, 5) is 33.6. The van der Waals surface area contributed by atoms with E-state index in [2.05, 4.69) is 0 Å². The maximum Gasteiger partial charge on any atom is 0.320 e. The Bertz CT molecular complexity index is 271. The normalized spacial score (nSPS) is 14.1. The van der Waals surface area contributed by atoms with E-state index < -0.39 is 29.6 Å². The molecule has 0 aromatic carbocycles. The van der Waals surface area contributed by atoms with Crippen LogP contribution in [0.4, 0.5) is 0 Å². The van der Waals surface area contributed by atoms with E-state index in [1.54, 1.807) is 13.8 Å². The third-order valence-corrected chi connectivity index (χ3v) is 2.40. The van der Waals surface area contributed by atoms with Crippen molar-refractivity contribution >= 4 is 17.7 Å². The second kappa shape index (κ2) is 5.48. The Morgan fingerprint density at radius 1 is 1.27 bits per heavy atom. The number of rotatable bonds is 6. The zero-order chi connectivity index (χ0) is 12.1. The maximum absolute atomic E-state index is 11.6. The molecule has 0 aliphatic rings. The molecule has 0 saturated carbocycles. The zero-order valence-corrected chi connectivity index (χ0v) is 9.20. The average molecular weight is 216 g/mol. The molecule has 0 heterocycles. The first-order valence-electron chi connectivity index (χ1n) is 4.80. The van der Waals surface area contributed by atoms with Crippen LogP contribution < -0.4 is 0 Å². The Morgan fingerprint density at radius 2 is 1.80 bits per heavy atom. The summed E-state index contributed by atoms with van der Waals surface area (Å²) in [5.74, 6) is -2.40. The number of esters is 1. The molecule has 5 heteroatoms. The lowest BCUT2D eigenvalue weighted by atomic mass is 9.78. The molecule has 0 spiro atoms. The van der Waals surface area contributed by atoms with E-state index in [4.69, 9.17) is 9.84 Å². The van der Waals surface area contributed by atoms with Gasteiger partial charge < -0.3 is 9.84 Å². The third kappa shape index (κ3) is 3.04. The van der Waals surface area contributed by atoms with Crippen LogP contribution in [0.3, 0.4) is 0 Å². The first kappa shape index (κ1) is 13.6. The molecule has 0 fully saturated rings. The molecule has 1 N–H and O–H groups in total. The van der Waals surface area contributed by atoms with Crippen molar-refractivity contribution in [2.45, 2.75) is 33.6 Å². The van der Waals surface area contributed by atoms with Gasteiger partial charge in [-0.1, -0.05) is 6.92 Å². The number of aliphatic carboxylic acids is 1. The Morgan fingerprint density at radius 3 is 2.07 bits per heavy atom. The van der Waals surface area contributed by atoms with Crippen molar-refractivity contribution in [3.63, 3.8) is 0 Å². The molecule has 1 unspecified atom stereocenters. The summed E-state index contributed by atoms with van der Waals surface area (Å²) in [5, 5.41) is 8.69. The van der Waals surface area contributed by atoms with Gasteiger partial charge in [0, 0.05) is 0 Å². The number of Topliss-reactive ketones (excluding diaryl/α,β-unsaturated/α-hetero) is 1. The molecular formula is C10H16O5. The van der Waals surface area contributed by atoms with Gasteiger partial charge in [-0.25, -0.2) is 0 Å². The Kier molecular flexibility index (Phi) is 4.97. The standard InChI is InChI=1S/C10H16O5/c1-4-10(7(3)11,6-8(12)13)9(14)15-5-2/h4-6H2,1-3H3,(H,12,13). The maximum atomic E-state index is 11.6. The molecule has 1 atom stereocenters. The number of hydrogen-bond acceptors (Lipinski definition) is 4. The Hall–Kier alpha value is -1.39. The highest BCUT2D eigenvalue weighted by Gasteiger charge is 2.45. The van der Waals surface area contributed by atoms with Crippen molar-refractivity contribution in [1.29, 1.82) is 0 Å². The molecule has 0 radical (unpaired) electrons. The summed E-state index contributed by atoms with van der Waals surface area (Å²) < 4.78 is 4.74. The minimum Gasteiger partial charge on any atom is -0.481 e. The highest BCUT2D eigenvalue weighted by Crippen LogP contribution is 2.29. The number of carbonyl (C=O) groups excluding carboxylic acids is 2. The van der Waals surface area contributed by atoms with E-state index in [0.29, 0.717) is 0 Å². The number of hydrogen-bond donors (Lipinski definition) is 1. The smallest absolute Gasteiger partial charge is 0.320 e. The highest BCUT2D eigenvalue weighted by molar-refractivity contribution is 6.05. The summed E-state index contributed by atoms with van der Waals surface area (Å²) in [7, 11) is 0. The molecule has 0 bridgehead atoms. The van der Waals surface area contributed by atoms with Crippen molar-refractivity contribution in [1.82, 2.24) is 0 Å². The predicted molar refractivity (Wildman–Crippen MR) is 52.3 cm³/mol. The Labute approximate surface area is 88.4 Å². The molecule has 0 saturated heterocycles. The quantitative estimate of drug-likeness (QED) is 0.529. The molecule has 86 valence electrons. The van der Waals surface area contributed by atoms with Gasteiger partial charge in [-0.05, 0) is 20.3 Å². The van der Waals surface area contributed by atoms with Crippen molar-refractivity contribution in [2.24, 2.45) is 5.41 Å². The zero-order valence-electron chi connectivity index (χ0n) is 9.20. The van der Waals surface area contributed by atoms with Crippen molar-refractivity contribution < 1.29 is 24.2 Å². The summed E-state index contributed by atoms with van der Waals surface area (Å²) in [5.41, 5.74) is -1.53. The van der Waals surface area contributed by atoms with Gasteiger partial charge in [0.05, 0.1) is 13.0 Å². The van der Waals surface area contributed by atoms with Crippen LogP contribution in [0.15, 0.2) is 0 Å². The summed E-state index contributed by atoms with van der Waals surface area (Å²) in [6, 6.07) is 0. The van der Waals surface area contributed by atoms with E-state index in [1.165, 1.54) is 6.92 Å². The van der Waals surface area contributed by atoms with Crippen LogP contribution in [-0.4, -0.2) is 29.4 Å². The molecule has 0 aromatic rings. The van der Waals surface area contributed by atoms with Gasteiger partial charge in [-0.2, -0.15) is 0 Å². The van der Waals surface area contributed by atoms with E-state index >= 15 is 0 Å². The van der Waals surface area contributed by atoms with E-state index in [9.17, 15) is 14.4 Å². The number of ketones is 1. The fourth-order valence-electron chi connectivity index (χ4n) is 1.39. The van der Waals surface area contributed by atoms with Crippen molar-refractivity contribution in [3.05, 3.63) is 0 Å². The van der Waals surface area contributed by atoms with Gasteiger partial charge in [-0.15, -0.1) is 0 Å². The number of carboxylic acids is 1. The predicted octanol–water partition coefficient (Wildman–Crippen LogP) is 1.01. The number of carbonyl (C=O) groups is 3. The van der Waals surface area contributed by atoms with Crippen LogP contribution in [-0.2, 0) is 19.1 Å². The fourth-order valence-corrected chi connectivity index (χ4v) is 1.39. The van der Waals surface area contributed by atoms with Gasteiger partial charge in [0.25, 0.3) is 0 Å². The largest absolute Gasteiger partial charge is 0.481 e.